The van der Waals surface area contributed by atoms with Crippen molar-refractivity contribution in [1.82, 2.24) is 0 Å². The van der Waals surface area contributed by atoms with E-state index >= 15 is 0 Å². The number of rotatable bonds is 8. The SMILES string of the molecule is COc1ccccc1N(Cc1ccccc1C#N)S(=O)(=O)c1cc(NC(=O)C2CC2)ccc1C. The molecule has 1 amide bonds. The third-order valence-electron chi connectivity index (χ3n) is 5.78. The lowest BCUT2D eigenvalue weighted by Crippen LogP contribution is -2.32. The summed E-state index contributed by atoms with van der Waals surface area (Å²) in [4.78, 5) is 12.3. The van der Waals surface area contributed by atoms with E-state index in [2.05, 4.69) is 11.4 Å². The Morgan fingerprint density at radius 3 is 2.53 bits per heavy atom. The van der Waals surface area contributed by atoms with Gasteiger partial charge in [0.05, 0.1) is 35.9 Å². The number of hydrogen-bond acceptors (Lipinski definition) is 5. The number of carbonyl (C=O) groups excluding carboxylic acids is 1. The predicted molar refractivity (Wildman–Crippen MR) is 130 cm³/mol. The Morgan fingerprint density at radius 1 is 1.12 bits per heavy atom. The van der Waals surface area contributed by atoms with Crippen molar-refractivity contribution in [3.63, 3.8) is 0 Å². The molecule has 1 saturated carbocycles. The number of ether oxygens (including phenoxy) is 1. The minimum absolute atomic E-state index is 0.00563. The highest BCUT2D eigenvalue weighted by molar-refractivity contribution is 7.92. The average Bonchev–Trinajstić information content (AvgIpc) is 3.69. The molecule has 0 aromatic heterocycles. The first kappa shape index (κ1) is 23.3. The molecule has 0 atom stereocenters. The fourth-order valence-electron chi connectivity index (χ4n) is 3.72. The summed E-state index contributed by atoms with van der Waals surface area (Å²) < 4.78 is 34.9. The summed E-state index contributed by atoms with van der Waals surface area (Å²) in [7, 11) is -2.63. The highest BCUT2D eigenvalue weighted by Gasteiger charge is 2.32. The normalized spacial score (nSPS) is 13.1. The van der Waals surface area contributed by atoms with Crippen LogP contribution in [0.15, 0.2) is 71.6 Å². The maximum atomic E-state index is 14.1. The van der Waals surface area contributed by atoms with Crippen LogP contribution in [0.4, 0.5) is 11.4 Å². The fraction of sp³-hybridized carbons (Fsp3) is 0.231. The number of nitrogens with zero attached hydrogens (tertiary/aromatic N) is 2. The van der Waals surface area contributed by atoms with Crippen LogP contribution in [0.25, 0.3) is 0 Å². The van der Waals surface area contributed by atoms with Crippen molar-refractivity contribution < 1.29 is 17.9 Å². The largest absolute Gasteiger partial charge is 0.495 e. The van der Waals surface area contributed by atoms with Crippen LogP contribution in [0.2, 0.25) is 0 Å². The van der Waals surface area contributed by atoms with Crippen molar-refractivity contribution in [1.29, 1.82) is 5.26 Å². The number of nitriles is 1. The van der Waals surface area contributed by atoms with E-state index in [9.17, 15) is 18.5 Å². The molecule has 174 valence electrons. The number of nitrogens with one attached hydrogen (secondary N) is 1. The zero-order valence-corrected chi connectivity index (χ0v) is 19.8. The molecule has 1 aliphatic carbocycles. The molecule has 1 fully saturated rings. The molecule has 0 radical (unpaired) electrons. The van der Waals surface area contributed by atoms with E-state index in [-0.39, 0.29) is 23.3 Å². The number of sulfonamides is 1. The number of hydrogen-bond donors (Lipinski definition) is 1. The van der Waals surface area contributed by atoms with Gasteiger partial charge in [0, 0.05) is 11.6 Å². The second kappa shape index (κ2) is 9.57. The first-order valence-electron chi connectivity index (χ1n) is 10.9. The second-order valence-corrected chi connectivity index (χ2v) is 10.0. The highest BCUT2D eigenvalue weighted by Crippen LogP contribution is 2.36. The number of amides is 1. The first-order chi connectivity index (χ1) is 16.3. The maximum Gasteiger partial charge on any atom is 0.265 e. The summed E-state index contributed by atoms with van der Waals surface area (Å²) in [6, 6.07) is 20.7. The van der Waals surface area contributed by atoms with Crippen molar-refractivity contribution in [2.24, 2.45) is 5.92 Å². The molecule has 7 nitrogen and oxygen atoms in total. The van der Waals surface area contributed by atoms with Gasteiger partial charge >= 0.3 is 0 Å². The van der Waals surface area contributed by atoms with E-state index in [1.165, 1.54) is 17.5 Å². The molecule has 34 heavy (non-hydrogen) atoms. The van der Waals surface area contributed by atoms with Crippen LogP contribution in [0.3, 0.4) is 0 Å². The lowest BCUT2D eigenvalue weighted by molar-refractivity contribution is -0.117. The minimum atomic E-state index is -4.11. The maximum absolute atomic E-state index is 14.1. The molecule has 1 N–H and O–H groups in total. The molecule has 8 heteroatoms. The molecule has 3 aromatic rings. The number of methoxy groups -OCH3 is 1. The van der Waals surface area contributed by atoms with E-state index < -0.39 is 10.0 Å². The topological polar surface area (TPSA) is 99.5 Å². The fourth-order valence-corrected chi connectivity index (χ4v) is 5.43. The smallest absolute Gasteiger partial charge is 0.265 e. The van der Waals surface area contributed by atoms with Gasteiger partial charge in [0.1, 0.15) is 5.75 Å². The third kappa shape index (κ3) is 4.75. The van der Waals surface area contributed by atoms with Gasteiger partial charge < -0.3 is 10.1 Å². The molecular weight excluding hydrogens is 450 g/mol. The van der Waals surface area contributed by atoms with Crippen LogP contribution in [-0.2, 0) is 21.4 Å². The Labute approximate surface area is 199 Å². The first-order valence-corrected chi connectivity index (χ1v) is 12.3. The van der Waals surface area contributed by atoms with Crippen molar-refractivity contribution >= 4 is 27.3 Å². The molecule has 0 heterocycles. The number of carbonyl (C=O) groups is 1. The zero-order valence-electron chi connectivity index (χ0n) is 19.0. The van der Waals surface area contributed by atoms with Crippen molar-refractivity contribution in [2.45, 2.75) is 31.2 Å². The van der Waals surface area contributed by atoms with Crippen LogP contribution >= 0.6 is 0 Å². The number of benzene rings is 3. The van der Waals surface area contributed by atoms with Gasteiger partial charge in [-0.15, -0.1) is 0 Å². The summed E-state index contributed by atoms with van der Waals surface area (Å²) in [5, 5.41) is 12.4. The molecule has 1 aliphatic rings. The van der Waals surface area contributed by atoms with Gasteiger partial charge in [0.2, 0.25) is 5.91 Å². The van der Waals surface area contributed by atoms with Gasteiger partial charge in [-0.1, -0.05) is 36.4 Å². The Kier molecular flexibility index (Phi) is 6.57. The van der Waals surface area contributed by atoms with Gasteiger partial charge in [0.15, 0.2) is 0 Å². The number of aryl methyl sites for hydroxylation is 1. The van der Waals surface area contributed by atoms with Gasteiger partial charge in [-0.2, -0.15) is 5.26 Å². The standard InChI is InChI=1S/C26H25N3O4S/c1-18-11-14-22(28-26(30)19-12-13-19)15-25(18)34(31,32)29(23-9-5-6-10-24(23)33-2)17-21-8-4-3-7-20(21)16-27/h3-11,14-15,19H,12-13,17H2,1-2H3,(H,28,30). The predicted octanol–water partition coefficient (Wildman–Crippen LogP) is 4.62. The van der Waals surface area contributed by atoms with E-state index in [1.54, 1.807) is 67.6 Å². The summed E-state index contributed by atoms with van der Waals surface area (Å²) in [5.74, 6) is 0.280. The molecule has 0 unspecified atom stereocenters. The third-order valence-corrected chi connectivity index (χ3v) is 7.68. The Morgan fingerprint density at radius 2 is 1.82 bits per heavy atom. The minimum Gasteiger partial charge on any atom is -0.495 e. The molecule has 0 aliphatic heterocycles. The van der Waals surface area contributed by atoms with Crippen LogP contribution in [-0.4, -0.2) is 21.4 Å². The monoisotopic (exact) mass is 475 g/mol. The summed E-state index contributed by atoms with van der Waals surface area (Å²) >= 11 is 0. The molecular formula is C26H25N3O4S. The summed E-state index contributed by atoms with van der Waals surface area (Å²) in [5.41, 5.74) is 2.27. The molecule has 0 spiro atoms. The summed E-state index contributed by atoms with van der Waals surface area (Å²) in [6.07, 6.45) is 1.70. The van der Waals surface area contributed by atoms with E-state index in [1.807, 2.05) is 0 Å². The highest BCUT2D eigenvalue weighted by atomic mass is 32.2. The van der Waals surface area contributed by atoms with Crippen LogP contribution in [0.5, 0.6) is 5.75 Å². The average molecular weight is 476 g/mol. The quantitative estimate of drug-likeness (QED) is 0.513. The molecule has 4 rings (SSSR count). The number of anilines is 2. The van der Waals surface area contributed by atoms with Crippen LogP contribution < -0.4 is 14.4 Å². The molecule has 3 aromatic carbocycles. The molecule has 0 bridgehead atoms. The Bertz CT molecular complexity index is 1370. The van der Waals surface area contributed by atoms with Gasteiger partial charge in [0.25, 0.3) is 10.0 Å². The Hall–Kier alpha value is -3.83. The van der Waals surface area contributed by atoms with Gasteiger partial charge in [-0.25, -0.2) is 8.42 Å². The van der Waals surface area contributed by atoms with Crippen LogP contribution in [0, 0.1) is 24.2 Å². The van der Waals surface area contributed by atoms with Crippen LogP contribution in [0.1, 0.15) is 29.5 Å². The second-order valence-electron chi connectivity index (χ2n) is 8.20. The lowest BCUT2D eigenvalue weighted by atomic mass is 10.1. The van der Waals surface area contributed by atoms with E-state index in [0.29, 0.717) is 33.8 Å². The van der Waals surface area contributed by atoms with Crippen molar-refractivity contribution in [3.05, 3.63) is 83.4 Å². The zero-order chi connectivity index (χ0) is 24.3. The lowest BCUT2D eigenvalue weighted by Gasteiger charge is -2.27. The van der Waals surface area contributed by atoms with Crippen molar-refractivity contribution in [2.75, 3.05) is 16.7 Å². The van der Waals surface area contributed by atoms with E-state index in [4.69, 9.17) is 4.74 Å². The van der Waals surface area contributed by atoms with E-state index in [0.717, 1.165) is 12.8 Å². The van der Waals surface area contributed by atoms with Gasteiger partial charge in [-0.3, -0.25) is 9.10 Å². The number of para-hydroxylation sites is 2. The molecule has 0 saturated heterocycles. The Balaban J connectivity index is 1.82. The summed E-state index contributed by atoms with van der Waals surface area (Å²) in [6.45, 7) is 1.65. The van der Waals surface area contributed by atoms with Gasteiger partial charge in [-0.05, 0) is 61.2 Å². The van der Waals surface area contributed by atoms with Crippen molar-refractivity contribution in [3.8, 4) is 11.8 Å².